The molecule has 0 amide bonds. The Kier molecular flexibility index (Phi) is 3.48. The Bertz CT molecular complexity index is 543. The van der Waals surface area contributed by atoms with Crippen molar-refractivity contribution in [1.82, 2.24) is 4.83 Å². The van der Waals surface area contributed by atoms with E-state index in [1.54, 1.807) is 0 Å². The van der Waals surface area contributed by atoms with E-state index >= 15 is 0 Å². The second-order valence-electron chi connectivity index (χ2n) is 2.95. The maximum Gasteiger partial charge on any atom is 0.289 e. The largest absolute Gasteiger partial charge is 0.289 e. The van der Waals surface area contributed by atoms with Crippen molar-refractivity contribution < 1.29 is 13.3 Å². The van der Waals surface area contributed by atoms with Crippen LogP contribution in [0.15, 0.2) is 17.0 Å². The number of nitro groups is 1. The van der Waals surface area contributed by atoms with Crippen LogP contribution in [0.1, 0.15) is 5.56 Å². The van der Waals surface area contributed by atoms with Crippen LogP contribution in [0.25, 0.3) is 0 Å². The Labute approximate surface area is 96.4 Å². The molecule has 1 aromatic carbocycles. The quantitative estimate of drug-likeness (QED) is 0.474. The number of hydrazine groups is 1. The molecule has 0 atom stereocenters. The molecule has 0 radical (unpaired) electrons. The van der Waals surface area contributed by atoms with E-state index in [4.69, 9.17) is 17.4 Å². The normalized spacial score (nSPS) is 11.4. The predicted molar refractivity (Wildman–Crippen MR) is 57.4 cm³/mol. The molecule has 7 nitrogen and oxygen atoms in total. The second kappa shape index (κ2) is 4.34. The number of nitrogens with two attached hydrogens (primary N) is 1. The van der Waals surface area contributed by atoms with Gasteiger partial charge in [0.05, 0.1) is 4.92 Å². The minimum absolute atomic E-state index is 0.111. The molecule has 0 saturated carbocycles. The van der Waals surface area contributed by atoms with Crippen molar-refractivity contribution in [2.45, 2.75) is 11.8 Å². The van der Waals surface area contributed by atoms with E-state index in [9.17, 15) is 18.5 Å². The standard InChI is InChI=1S/C7H8ClN3O4S/c1-4-2-6(11(12)13)7(3-5(4)8)16(14,15)10-9/h2-3,10H,9H2,1H3. The highest BCUT2D eigenvalue weighted by Crippen LogP contribution is 2.29. The number of hydrogen-bond donors (Lipinski definition) is 2. The van der Waals surface area contributed by atoms with Gasteiger partial charge in [0.25, 0.3) is 15.7 Å². The zero-order chi connectivity index (χ0) is 12.5. The van der Waals surface area contributed by atoms with E-state index in [2.05, 4.69) is 0 Å². The van der Waals surface area contributed by atoms with Gasteiger partial charge in [0.15, 0.2) is 4.90 Å². The summed E-state index contributed by atoms with van der Waals surface area (Å²) in [6, 6.07) is 2.07. The average molecular weight is 266 g/mol. The van der Waals surface area contributed by atoms with E-state index in [1.807, 2.05) is 0 Å². The van der Waals surface area contributed by atoms with Crippen LogP contribution in [0.2, 0.25) is 5.02 Å². The molecule has 0 spiro atoms. The lowest BCUT2D eigenvalue weighted by Gasteiger charge is -2.05. The van der Waals surface area contributed by atoms with Gasteiger partial charge in [-0.05, 0) is 18.6 Å². The first kappa shape index (κ1) is 12.8. The highest BCUT2D eigenvalue weighted by atomic mass is 35.5. The van der Waals surface area contributed by atoms with Crippen LogP contribution in [0.4, 0.5) is 5.69 Å². The molecule has 0 aromatic heterocycles. The van der Waals surface area contributed by atoms with Crippen LogP contribution in [-0.4, -0.2) is 13.3 Å². The summed E-state index contributed by atoms with van der Waals surface area (Å²) in [4.78, 5) is 10.8. The number of nitro benzene ring substituents is 1. The smallest absolute Gasteiger partial charge is 0.258 e. The third kappa shape index (κ3) is 2.30. The van der Waals surface area contributed by atoms with E-state index in [0.29, 0.717) is 5.56 Å². The summed E-state index contributed by atoms with van der Waals surface area (Å²) in [7, 11) is -4.11. The van der Waals surface area contributed by atoms with Crippen LogP contribution in [0.3, 0.4) is 0 Å². The monoisotopic (exact) mass is 265 g/mol. The number of nitrogens with zero attached hydrogens (tertiary/aromatic N) is 1. The summed E-state index contributed by atoms with van der Waals surface area (Å²) >= 11 is 5.70. The summed E-state index contributed by atoms with van der Waals surface area (Å²) in [5, 5.41) is 10.8. The van der Waals surface area contributed by atoms with Crippen LogP contribution in [0.5, 0.6) is 0 Å². The molecule has 0 heterocycles. The van der Waals surface area contributed by atoms with E-state index < -0.39 is 25.5 Å². The molecule has 0 unspecified atom stereocenters. The van der Waals surface area contributed by atoms with Gasteiger partial charge >= 0.3 is 0 Å². The van der Waals surface area contributed by atoms with Gasteiger partial charge in [-0.15, -0.1) is 4.83 Å². The van der Waals surface area contributed by atoms with Crippen molar-refractivity contribution in [2.24, 2.45) is 5.84 Å². The summed E-state index contributed by atoms with van der Waals surface area (Å²) in [5.41, 5.74) is -0.163. The molecule has 9 heteroatoms. The third-order valence-corrected chi connectivity index (χ3v) is 3.51. The highest BCUT2D eigenvalue weighted by Gasteiger charge is 2.26. The zero-order valence-corrected chi connectivity index (χ0v) is 9.67. The van der Waals surface area contributed by atoms with Gasteiger partial charge in [0, 0.05) is 11.1 Å². The van der Waals surface area contributed by atoms with E-state index in [0.717, 1.165) is 12.1 Å². The van der Waals surface area contributed by atoms with Gasteiger partial charge in [-0.3, -0.25) is 16.0 Å². The molecule has 0 aliphatic rings. The number of hydrogen-bond acceptors (Lipinski definition) is 5. The van der Waals surface area contributed by atoms with Crippen molar-refractivity contribution in [2.75, 3.05) is 0 Å². The lowest BCUT2D eigenvalue weighted by Crippen LogP contribution is -2.30. The second-order valence-corrected chi connectivity index (χ2v) is 5.04. The predicted octanol–water partition coefficient (Wildman–Crippen LogP) is 0.709. The number of halogens is 1. The van der Waals surface area contributed by atoms with Crippen LogP contribution >= 0.6 is 11.6 Å². The maximum absolute atomic E-state index is 11.4. The van der Waals surface area contributed by atoms with E-state index in [-0.39, 0.29) is 5.02 Å². The topological polar surface area (TPSA) is 115 Å². The van der Waals surface area contributed by atoms with Crippen LogP contribution in [0, 0.1) is 17.0 Å². The number of sulfonamides is 1. The molecule has 1 rings (SSSR count). The number of rotatable bonds is 3. The van der Waals surface area contributed by atoms with Gasteiger partial charge in [0.1, 0.15) is 0 Å². The van der Waals surface area contributed by atoms with Gasteiger partial charge in [-0.25, -0.2) is 8.42 Å². The molecule has 0 aliphatic carbocycles. The zero-order valence-electron chi connectivity index (χ0n) is 8.10. The minimum Gasteiger partial charge on any atom is -0.258 e. The van der Waals surface area contributed by atoms with Crippen LogP contribution < -0.4 is 10.7 Å². The summed E-state index contributed by atoms with van der Waals surface area (Å²) in [5.74, 6) is 4.79. The molecule has 16 heavy (non-hydrogen) atoms. The fourth-order valence-corrected chi connectivity index (χ4v) is 2.11. The summed E-state index contributed by atoms with van der Waals surface area (Å²) in [6.45, 7) is 1.53. The number of nitrogens with one attached hydrogen (secondary N) is 1. The molecule has 88 valence electrons. The highest BCUT2D eigenvalue weighted by molar-refractivity contribution is 7.89. The lowest BCUT2D eigenvalue weighted by molar-refractivity contribution is -0.387. The van der Waals surface area contributed by atoms with Crippen LogP contribution in [-0.2, 0) is 10.0 Å². The first-order valence-electron chi connectivity index (χ1n) is 3.96. The van der Waals surface area contributed by atoms with Crippen molar-refractivity contribution in [3.8, 4) is 0 Å². The summed E-state index contributed by atoms with van der Waals surface area (Å²) < 4.78 is 22.8. The van der Waals surface area contributed by atoms with Crippen molar-refractivity contribution in [3.05, 3.63) is 32.8 Å². The van der Waals surface area contributed by atoms with Gasteiger partial charge in [-0.2, -0.15) is 0 Å². The van der Waals surface area contributed by atoms with Crippen molar-refractivity contribution in [1.29, 1.82) is 0 Å². The number of aryl methyl sites for hydroxylation is 1. The minimum atomic E-state index is -4.11. The lowest BCUT2D eigenvalue weighted by atomic mass is 10.2. The fraction of sp³-hybridized carbons (Fsp3) is 0.143. The fourth-order valence-electron chi connectivity index (χ4n) is 1.07. The van der Waals surface area contributed by atoms with Gasteiger partial charge in [0.2, 0.25) is 0 Å². The molecule has 0 bridgehead atoms. The average Bonchev–Trinajstić information content (AvgIpc) is 2.21. The molecular weight excluding hydrogens is 258 g/mol. The Morgan fingerprint density at radius 2 is 2.06 bits per heavy atom. The van der Waals surface area contributed by atoms with Gasteiger partial charge < -0.3 is 0 Å². The first-order chi connectivity index (χ1) is 7.29. The SMILES string of the molecule is Cc1cc([N+](=O)[O-])c(S(=O)(=O)NN)cc1Cl. The Hall–Kier alpha value is -1.22. The molecule has 0 saturated heterocycles. The molecule has 1 aromatic rings. The molecule has 0 aliphatic heterocycles. The molecular formula is C7H8ClN3O4S. The van der Waals surface area contributed by atoms with E-state index in [1.165, 1.54) is 11.8 Å². The Morgan fingerprint density at radius 1 is 1.50 bits per heavy atom. The van der Waals surface area contributed by atoms with Crippen molar-refractivity contribution >= 4 is 27.3 Å². The maximum atomic E-state index is 11.4. The number of benzene rings is 1. The molecule has 0 fully saturated rings. The molecule has 3 N–H and O–H groups in total. The summed E-state index contributed by atoms with van der Waals surface area (Å²) in [6.07, 6.45) is 0. The van der Waals surface area contributed by atoms with Gasteiger partial charge in [-0.1, -0.05) is 11.6 Å². The first-order valence-corrected chi connectivity index (χ1v) is 5.82. The Balaban J connectivity index is 3.61. The van der Waals surface area contributed by atoms with Crippen molar-refractivity contribution in [3.63, 3.8) is 0 Å². The third-order valence-electron chi connectivity index (χ3n) is 1.88. The Morgan fingerprint density at radius 3 is 2.50 bits per heavy atom.